The fourth-order valence-electron chi connectivity index (χ4n) is 6.89. The zero-order valence-corrected chi connectivity index (χ0v) is 32.8. The second kappa shape index (κ2) is 40.6. The van der Waals surface area contributed by atoms with Crippen molar-refractivity contribution >= 4 is 5.91 Å². The van der Waals surface area contributed by atoms with Gasteiger partial charge in [-0.3, -0.25) is 4.79 Å². The molecule has 0 saturated carbocycles. The Morgan fingerprint density at radius 1 is 0.479 bits per heavy atom. The normalized spacial score (nSPS) is 13.0. The van der Waals surface area contributed by atoms with E-state index in [4.69, 9.17) is 0 Å². The van der Waals surface area contributed by atoms with E-state index in [9.17, 15) is 15.0 Å². The minimum Gasteiger partial charge on any atom is -0.394 e. The third-order valence-corrected chi connectivity index (χ3v) is 10.3. The molecule has 286 valence electrons. The summed E-state index contributed by atoms with van der Waals surface area (Å²) in [6.45, 7) is 4.36. The van der Waals surface area contributed by atoms with Crippen LogP contribution in [0.2, 0.25) is 0 Å². The first-order valence-corrected chi connectivity index (χ1v) is 21.9. The Labute approximate surface area is 301 Å². The molecule has 4 nitrogen and oxygen atoms in total. The molecule has 48 heavy (non-hydrogen) atoms. The lowest BCUT2D eigenvalue weighted by Gasteiger charge is -2.22. The number of unbranched alkanes of at least 4 members (excludes halogenated alkanes) is 31. The summed E-state index contributed by atoms with van der Waals surface area (Å²) in [6.07, 6.45) is 50.1. The van der Waals surface area contributed by atoms with Gasteiger partial charge in [0, 0.05) is 6.42 Å². The first-order chi connectivity index (χ1) is 23.7. The number of aliphatic hydroxyl groups excluding tert-OH is 2. The lowest BCUT2D eigenvalue weighted by molar-refractivity contribution is -0.123. The average Bonchev–Trinajstić information content (AvgIpc) is 3.09. The molecule has 0 fully saturated rings. The molecule has 2 atom stereocenters. The number of rotatable bonds is 40. The van der Waals surface area contributed by atoms with E-state index in [1.807, 2.05) is 0 Å². The third-order valence-electron chi connectivity index (χ3n) is 10.3. The molecule has 0 radical (unpaired) electrons. The summed E-state index contributed by atoms with van der Waals surface area (Å²) in [5, 5.41) is 23.1. The van der Waals surface area contributed by atoms with E-state index < -0.39 is 12.1 Å². The SMILES string of the molecule is CCCCCCCCCCCCCC/C=C\CCCCCCCCCCCC(=O)NC(CO)C(O)CCCCCCCCCCCCC. The van der Waals surface area contributed by atoms with Crippen molar-refractivity contribution in [3.63, 3.8) is 0 Å². The lowest BCUT2D eigenvalue weighted by atomic mass is 10.0. The van der Waals surface area contributed by atoms with Crippen LogP contribution in [-0.2, 0) is 4.79 Å². The van der Waals surface area contributed by atoms with Crippen LogP contribution in [0.1, 0.15) is 245 Å². The molecule has 0 aromatic rings. The van der Waals surface area contributed by atoms with Crippen molar-refractivity contribution in [2.24, 2.45) is 0 Å². The molecule has 0 spiro atoms. The van der Waals surface area contributed by atoms with E-state index in [1.54, 1.807) is 0 Å². The third kappa shape index (κ3) is 36.4. The van der Waals surface area contributed by atoms with Gasteiger partial charge in [0.25, 0.3) is 0 Å². The van der Waals surface area contributed by atoms with Crippen LogP contribution in [0.3, 0.4) is 0 Å². The van der Waals surface area contributed by atoms with Gasteiger partial charge in [-0.2, -0.15) is 0 Å². The van der Waals surface area contributed by atoms with Crippen molar-refractivity contribution in [3.05, 3.63) is 12.2 Å². The topological polar surface area (TPSA) is 69.6 Å². The smallest absolute Gasteiger partial charge is 0.220 e. The number of carbonyl (C=O) groups excluding carboxylic acids is 1. The van der Waals surface area contributed by atoms with Crippen molar-refractivity contribution in [3.8, 4) is 0 Å². The van der Waals surface area contributed by atoms with Gasteiger partial charge in [-0.1, -0.05) is 212 Å². The summed E-state index contributed by atoms with van der Waals surface area (Å²) < 4.78 is 0. The van der Waals surface area contributed by atoms with Gasteiger partial charge in [0.05, 0.1) is 18.8 Å². The second-order valence-electron chi connectivity index (χ2n) is 15.1. The molecule has 0 aliphatic carbocycles. The molecule has 4 heteroatoms. The van der Waals surface area contributed by atoms with Crippen LogP contribution in [-0.4, -0.2) is 34.9 Å². The number of hydrogen-bond acceptors (Lipinski definition) is 3. The highest BCUT2D eigenvalue weighted by molar-refractivity contribution is 5.76. The highest BCUT2D eigenvalue weighted by atomic mass is 16.3. The van der Waals surface area contributed by atoms with Crippen molar-refractivity contribution < 1.29 is 15.0 Å². The van der Waals surface area contributed by atoms with Gasteiger partial charge in [0.15, 0.2) is 0 Å². The summed E-state index contributed by atoms with van der Waals surface area (Å²) in [5.74, 6) is -0.0322. The highest BCUT2D eigenvalue weighted by Crippen LogP contribution is 2.16. The minimum atomic E-state index is -0.655. The molecule has 0 aliphatic rings. The zero-order chi connectivity index (χ0) is 35.0. The quantitative estimate of drug-likeness (QED) is 0.0446. The maximum Gasteiger partial charge on any atom is 0.220 e. The number of aliphatic hydroxyl groups is 2. The van der Waals surface area contributed by atoms with E-state index in [2.05, 4.69) is 31.3 Å². The summed E-state index contributed by atoms with van der Waals surface area (Å²) in [5.41, 5.74) is 0. The second-order valence-corrected chi connectivity index (χ2v) is 15.1. The number of amides is 1. The number of hydrogen-bond donors (Lipinski definition) is 3. The van der Waals surface area contributed by atoms with E-state index in [-0.39, 0.29) is 12.5 Å². The van der Waals surface area contributed by atoms with Gasteiger partial charge in [-0.05, 0) is 38.5 Å². The van der Waals surface area contributed by atoms with Crippen LogP contribution in [0.15, 0.2) is 12.2 Å². The molecular weight excluding hydrogens is 590 g/mol. The van der Waals surface area contributed by atoms with Crippen molar-refractivity contribution in [1.82, 2.24) is 5.32 Å². The summed E-state index contributed by atoms with van der Waals surface area (Å²) in [6, 6.07) is -0.532. The van der Waals surface area contributed by atoms with Crippen LogP contribution >= 0.6 is 0 Å². The van der Waals surface area contributed by atoms with Gasteiger partial charge in [-0.15, -0.1) is 0 Å². The standard InChI is InChI=1S/C44H87NO3/c1-3-5-7-9-11-13-15-16-17-18-19-20-21-22-23-24-25-26-27-28-30-32-34-36-38-40-44(48)45-42(41-46)43(47)39-37-35-33-31-29-14-12-10-8-6-4-2/h22-23,42-43,46-47H,3-21,24-41H2,1-2H3,(H,45,48)/b23-22-. The molecule has 1 amide bonds. The molecule has 0 bridgehead atoms. The maximum absolute atomic E-state index is 12.4. The van der Waals surface area contributed by atoms with Crippen molar-refractivity contribution in [2.45, 2.75) is 257 Å². The monoisotopic (exact) mass is 678 g/mol. The van der Waals surface area contributed by atoms with E-state index in [1.165, 1.54) is 193 Å². The molecular formula is C44H87NO3. The van der Waals surface area contributed by atoms with Crippen molar-refractivity contribution in [1.29, 1.82) is 0 Å². The minimum absolute atomic E-state index is 0.0322. The Bertz CT molecular complexity index is 651. The molecule has 2 unspecified atom stereocenters. The van der Waals surface area contributed by atoms with Crippen LogP contribution in [0.5, 0.6) is 0 Å². The van der Waals surface area contributed by atoms with Crippen LogP contribution in [0.4, 0.5) is 0 Å². The van der Waals surface area contributed by atoms with E-state index in [0.29, 0.717) is 12.8 Å². The molecule has 3 N–H and O–H groups in total. The molecule has 0 heterocycles. The number of nitrogens with one attached hydrogen (secondary N) is 1. The Morgan fingerprint density at radius 2 is 0.792 bits per heavy atom. The van der Waals surface area contributed by atoms with Crippen LogP contribution in [0.25, 0.3) is 0 Å². The Balaban J connectivity index is 3.45. The van der Waals surface area contributed by atoms with Gasteiger partial charge in [0.2, 0.25) is 5.91 Å². The van der Waals surface area contributed by atoms with Gasteiger partial charge in [-0.25, -0.2) is 0 Å². The average molecular weight is 678 g/mol. The summed E-state index contributed by atoms with van der Waals surface area (Å²) in [7, 11) is 0. The molecule has 0 aromatic heterocycles. The molecule has 0 saturated heterocycles. The predicted molar refractivity (Wildman–Crippen MR) is 212 cm³/mol. The molecule has 0 aromatic carbocycles. The lowest BCUT2D eigenvalue weighted by Crippen LogP contribution is -2.45. The largest absolute Gasteiger partial charge is 0.394 e. The van der Waals surface area contributed by atoms with Gasteiger partial charge < -0.3 is 15.5 Å². The van der Waals surface area contributed by atoms with Crippen LogP contribution in [0, 0.1) is 0 Å². The van der Waals surface area contributed by atoms with E-state index in [0.717, 1.165) is 25.7 Å². The fraction of sp³-hybridized carbons (Fsp3) is 0.932. The first kappa shape index (κ1) is 47.1. The van der Waals surface area contributed by atoms with Gasteiger partial charge >= 0.3 is 0 Å². The first-order valence-electron chi connectivity index (χ1n) is 21.9. The molecule has 0 rings (SSSR count). The fourth-order valence-corrected chi connectivity index (χ4v) is 6.89. The van der Waals surface area contributed by atoms with Gasteiger partial charge in [0.1, 0.15) is 0 Å². The highest BCUT2D eigenvalue weighted by Gasteiger charge is 2.20. The Morgan fingerprint density at radius 3 is 1.15 bits per heavy atom. The molecule has 0 aliphatic heterocycles. The summed E-state index contributed by atoms with van der Waals surface area (Å²) in [4.78, 5) is 12.4. The Hall–Kier alpha value is -0.870. The van der Waals surface area contributed by atoms with E-state index >= 15 is 0 Å². The Kier molecular flexibility index (Phi) is 39.8. The number of carbonyl (C=O) groups is 1. The van der Waals surface area contributed by atoms with Crippen LogP contribution < -0.4 is 5.32 Å². The maximum atomic E-state index is 12.4. The summed E-state index contributed by atoms with van der Waals surface area (Å²) >= 11 is 0. The number of allylic oxidation sites excluding steroid dienone is 2. The zero-order valence-electron chi connectivity index (χ0n) is 32.8. The predicted octanol–water partition coefficient (Wildman–Crippen LogP) is 13.5. The van der Waals surface area contributed by atoms with Crippen molar-refractivity contribution in [2.75, 3.05) is 6.61 Å².